The average Bonchev–Trinajstić information content (AvgIpc) is 3.13. The van der Waals surface area contributed by atoms with Crippen molar-refractivity contribution in [1.82, 2.24) is 4.90 Å². The van der Waals surface area contributed by atoms with Crippen LogP contribution < -0.4 is 9.47 Å². The molecule has 0 unspecified atom stereocenters. The van der Waals surface area contributed by atoms with E-state index in [1.54, 1.807) is 18.2 Å². The van der Waals surface area contributed by atoms with E-state index in [0.717, 1.165) is 0 Å². The van der Waals surface area contributed by atoms with Crippen LogP contribution in [-0.4, -0.2) is 60.3 Å². The van der Waals surface area contributed by atoms with E-state index < -0.39 is 22.8 Å². The number of amides is 1. The highest BCUT2D eigenvalue weighted by Crippen LogP contribution is 2.68. The van der Waals surface area contributed by atoms with Crippen molar-refractivity contribution >= 4 is 17.8 Å². The van der Waals surface area contributed by atoms with Crippen LogP contribution in [0, 0.1) is 10.8 Å². The van der Waals surface area contributed by atoms with Gasteiger partial charge < -0.3 is 24.6 Å². The maximum atomic E-state index is 12.5. The fourth-order valence-electron chi connectivity index (χ4n) is 3.74. The molecule has 8 heteroatoms. The zero-order valence-electron chi connectivity index (χ0n) is 13.9. The quantitative estimate of drug-likeness (QED) is 0.774. The number of benzene rings is 1. The Hall–Kier alpha value is -2.77. The van der Waals surface area contributed by atoms with Crippen molar-refractivity contribution in [3.05, 3.63) is 23.8 Å². The number of aliphatic carboxylic acids is 2. The average molecular weight is 349 g/mol. The van der Waals surface area contributed by atoms with E-state index in [0.29, 0.717) is 17.1 Å². The molecule has 8 nitrogen and oxygen atoms in total. The van der Waals surface area contributed by atoms with Gasteiger partial charge in [0.25, 0.3) is 0 Å². The molecule has 2 N–H and O–H groups in total. The summed E-state index contributed by atoms with van der Waals surface area (Å²) in [5.41, 5.74) is -2.03. The maximum absolute atomic E-state index is 12.5. The van der Waals surface area contributed by atoms with Crippen LogP contribution in [0.3, 0.4) is 0 Å². The van der Waals surface area contributed by atoms with E-state index in [4.69, 9.17) is 9.47 Å². The normalized spacial score (nSPS) is 26.7. The van der Waals surface area contributed by atoms with Crippen molar-refractivity contribution in [1.29, 1.82) is 0 Å². The summed E-state index contributed by atoms with van der Waals surface area (Å²) in [6, 6.07) is 5.07. The van der Waals surface area contributed by atoms with E-state index >= 15 is 0 Å². The summed E-state index contributed by atoms with van der Waals surface area (Å²) >= 11 is 0. The molecule has 2 atom stereocenters. The van der Waals surface area contributed by atoms with Crippen LogP contribution in [0.5, 0.6) is 11.5 Å². The van der Waals surface area contributed by atoms with Crippen molar-refractivity contribution in [2.45, 2.75) is 12.8 Å². The number of carboxylic acid groups (broad SMARTS) is 2. The Kier molecular flexibility index (Phi) is 3.85. The number of hydrogen-bond acceptors (Lipinski definition) is 5. The standard InChI is InChI=1S/C17H19NO7/c1-24-11-4-3-10(5-12(11)25-2)6-13(19)18-8-16(14(20)21)7-17(16,9-18)15(22)23/h3-5H,6-9H2,1-2H3,(H,20,21)(H,22,23)/t16-,17+. The molecule has 1 aromatic rings. The minimum atomic E-state index is -1.36. The van der Waals surface area contributed by atoms with Crippen LogP contribution in [0.25, 0.3) is 0 Å². The lowest BCUT2D eigenvalue weighted by atomic mass is 9.97. The number of ether oxygens (including phenoxy) is 2. The van der Waals surface area contributed by atoms with Crippen LogP contribution in [0.15, 0.2) is 18.2 Å². The molecule has 1 saturated carbocycles. The van der Waals surface area contributed by atoms with Crippen LogP contribution in [0.4, 0.5) is 0 Å². The van der Waals surface area contributed by atoms with Gasteiger partial charge in [0.2, 0.25) is 5.91 Å². The number of piperidine rings is 1. The Morgan fingerprint density at radius 1 is 1.04 bits per heavy atom. The monoisotopic (exact) mass is 349 g/mol. The third-order valence-electron chi connectivity index (χ3n) is 5.29. The highest BCUT2D eigenvalue weighted by atomic mass is 16.5. The third kappa shape index (κ3) is 2.40. The van der Waals surface area contributed by atoms with E-state index in [1.165, 1.54) is 19.1 Å². The summed E-state index contributed by atoms with van der Waals surface area (Å²) in [5, 5.41) is 18.8. The number of carbonyl (C=O) groups is 3. The highest BCUT2D eigenvalue weighted by molar-refractivity contribution is 5.96. The van der Waals surface area contributed by atoms with Crippen LogP contribution in [0.2, 0.25) is 0 Å². The minimum Gasteiger partial charge on any atom is -0.493 e. The molecule has 1 aromatic carbocycles. The van der Waals surface area contributed by atoms with Crippen molar-refractivity contribution < 1.29 is 34.1 Å². The molecule has 134 valence electrons. The molecule has 1 aliphatic heterocycles. The first kappa shape index (κ1) is 17.1. The summed E-state index contributed by atoms with van der Waals surface area (Å²) in [7, 11) is 3.00. The molecule has 0 spiro atoms. The Bertz CT molecular complexity index is 733. The van der Waals surface area contributed by atoms with Crippen LogP contribution in [-0.2, 0) is 20.8 Å². The van der Waals surface area contributed by atoms with Gasteiger partial charge in [0, 0.05) is 13.1 Å². The van der Waals surface area contributed by atoms with Gasteiger partial charge in [0.1, 0.15) is 10.8 Å². The molecular formula is C17H19NO7. The van der Waals surface area contributed by atoms with E-state index in [1.807, 2.05) is 0 Å². The van der Waals surface area contributed by atoms with Gasteiger partial charge in [-0.2, -0.15) is 0 Å². The number of hydrogen-bond donors (Lipinski definition) is 2. The van der Waals surface area contributed by atoms with E-state index in [-0.39, 0.29) is 31.8 Å². The summed E-state index contributed by atoms with van der Waals surface area (Å²) in [6.45, 7) is -0.137. The number of rotatable bonds is 6. The van der Waals surface area contributed by atoms with Gasteiger partial charge in [-0.05, 0) is 24.1 Å². The lowest BCUT2D eigenvalue weighted by Crippen LogP contribution is -2.35. The molecular weight excluding hydrogens is 330 g/mol. The lowest BCUT2D eigenvalue weighted by molar-refractivity contribution is -0.151. The number of fused-ring (bicyclic) bond motifs is 1. The van der Waals surface area contributed by atoms with Crippen LogP contribution in [0.1, 0.15) is 12.0 Å². The predicted octanol–water partition coefficient (Wildman–Crippen LogP) is 0.634. The van der Waals surface area contributed by atoms with Crippen molar-refractivity contribution in [3.63, 3.8) is 0 Å². The number of likely N-dealkylation sites (tertiary alicyclic amines) is 1. The molecule has 0 bridgehead atoms. The number of carbonyl (C=O) groups excluding carboxylic acids is 1. The Labute approximate surface area is 143 Å². The molecule has 2 fully saturated rings. The molecule has 1 saturated heterocycles. The maximum Gasteiger partial charge on any atom is 0.312 e. The Morgan fingerprint density at radius 2 is 1.60 bits per heavy atom. The fourth-order valence-corrected chi connectivity index (χ4v) is 3.74. The van der Waals surface area contributed by atoms with Crippen LogP contribution >= 0.6 is 0 Å². The SMILES string of the molecule is COc1ccc(CC(=O)N2C[C@@]3(C(=O)O)C[C@@]3(C(=O)O)C2)cc1OC. The van der Waals surface area contributed by atoms with Crippen molar-refractivity contribution in [3.8, 4) is 11.5 Å². The molecule has 0 aromatic heterocycles. The first-order valence-corrected chi connectivity index (χ1v) is 7.75. The number of methoxy groups -OCH3 is 2. The second-order valence-corrected chi connectivity index (χ2v) is 6.57. The summed E-state index contributed by atoms with van der Waals surface area (Å²) < 4.78 is 10.3. The minimum absolute atomic E-state index is 0.0335. The number of nitrogens with zero attached hydrogens (tertiary/aromatic N) is 1. The molecule has 3 rings (SSSR count). The summed E-state index contributed by atoms with van der Waals surface area (Å²) in [5.74, 6) is -1.59. The Balaban J connectivity index is 1.75. The van der Waals surface area contributed by atoms with Gasteiger partial charge in [-0.25, -0.2) is 0 Å². The van der Waals surface area contributed by atoms with E-state index in [9.17, 15) is 24.6 Å². The van der Waals surface area contributed by atoms with Crippen molar-refractivity contribution in [2.75, 3.05) is 27.3 Å². The summed E-state index contributed by atoms with van der Waals surface area (Å²) in [6.07, 6.45) is 0.108. The largest absolute Gasteiger partial charge is 0.493 e. The predicted molar refractivity (Wildman–Crippen MR) is 84.6 cm³/mol. The first-order chi connectivity index (χ1) is 11.8. The second-order valence-electron chi connectivity index (χ2n) is 6.57. The Morgan fingerprint density at radius 3 is 2.08 bits per heavy atom. The van der Waals surface area contributed by atoms with Gasteiger partial charge >= 0.3 is 11.9 Å². The zero-order valence-corrected chi connectivity index (χ0v) is 13.9. The molecule has 0 radical (unpaired) electrons. The van der Waals surface area contributed by atoms with Gasteiger partial charge in [0.05, 0.1) is 20.6 Å². The smallest absolute Gasteiger partial charge is 0.312 e. The zero-order chi connectivity index (χ0) is 18.4. The molecule has 25 heavy (non-hydrogen) atoms. The molecule has 1 heterocycles. The van der Waals surface area contributed by atoms with Gasteiger partial charge in [-0.3, -0.25) is 14.4 Å². The van der Waals surface area contributed by atoms with Gasteiger partial charge in [-0.15, -0.1) is 0 Å². The van der Waals surface area contributed by atoms with Gasteiger partial charge in [-0.1, -0.05) is 6.07 Å². The second kappa shape index (κ2) is 5.65. The topological polar surface area (TPSA) is 113 Å². The fraction of sp³-hybridized carbons (Fsp3) is 0.471. The highest BCUT2D eigenvalue weighted by Gasteiger charge is 2.81. The third-order valence-corrected chi connectivity index (χ3v) is 5.29. The molecule has 1 amide bonds. The molecule has 2 aliphatic rings. The first-order valence-electron chi connectivity index (χ1n) is 7.75. The molecule has 1 aliphatic carbocycles. The lowest BCUT2D eigenvalue weighted by Gasteiger charge is -2.20. The number of carboxylic acids is 2. The van der Waals surface area contributed by atoms with E-state index in [2.05, 4.69) is 0 Å². The van der Waals surface area contributed by atoms with Gasteiger partial charge in [0.15, 0.2) is 11.5 Å². The van der Waals surface area contributed by atoms with Crippen molar-refractivity contribution in [2.24, 2.45) is 10.8 Å². The summed E-state index contributed by atoms with van der Waals surface area (Å²) in [4.78, 5) is 36.9.